The summed E-state index contributed by atoms with van der Waals surface area (Å²) in [6, 6.07) is 12.5. The smallest absolute Gasteiger partial charge is 0.263 e. The van der Waals surface area contributed by atoms with Gasteiger partial charge in [0.1, 0.15) is 22.1 Å². The minimum Gasteiger partial charge on any atom is -0.489 e. The van der Waals surface area contributed by atoms with Gasteiger partial charge in [0, 0.05) is 31.0 Å². The fraction of sp³-hybridized carbons (Fsp3) is 0.304. The van der Waals surface area contributed by atoms with Crippen LogP contribution in [0.5, 0.6) is 5.75 Å². The molecule has 1 aliphatic heterocycles. The Bertz CT molecular complexity index is 1160. The lowest BCUT2D eigenvalue weighted by molar-refractivity contribution is 0.0941. The maximum Gasteiger partial charge on any atom is 0.263 e. The van der Waals surface area contributed by atoms with Gasteiger partial charge in [-0.05, 0) is 55.0 Å². The fourth-order valence-electron chi connectivity index (χ4n) is 3.58. The number of carbonyl (C=O) groups is 1. The second kappa shape index (κ2) is 9.81. The van der Waals surface area contributed by atoms with Crippen molar-refractivity contribution in [2.45, 2.75) is 37.3 Å². The predicted molar refractivity (Wildman–Crippen MR) is 123 cm³/mol. The molecule has 1 fully saturated rings. The van der Waals surface area contributed by atoms with Crippen LogP contribution >= 0.6 is 11.3 Å². The molecule has 2 aromatic heterocycles. The van der Waals surface area contributed by atoms with E-state index in [1.807, 2.05) is 43.3 Å². The number of benzene rings is 1. The summed E-state index contributed by atoms with van der Waals surface area (Å²) in [5, 5.41) is 4.57. The highest BCUT2D eigenvalue weighted by Crippen LogP contribution is 2.28. The van der Waals surface area contributed by atoms with Crippen LogP contribution in [0.4, 0.5) is 0 Å². The van der Waals surface area contributed by atoms with Crippen LogP contribution in [0.1, 0.15) is 46.6 Å². The van der Waals surface area contributed by atoms with Crippen molar-refractivity contribution in [2.75, 3.05) is 13.1 Å². The van der Waals surface area contributed by atoms with E-state index in [2.05, 4.69) is 10.3 Å². The van der Waals surface area contributed by atoms with Gasteiger partial charge in [0.25, 0.3) is 5.91 Å². The van der Waals surface area contributed by atoms with E-state index in [1.165, 1.54) is 10.4 Å². The Hall–Kier alpha value is -2.75. The van der Waals surface area contributed by atoms with Gasteiger partial charge in [-0.3, -0.25) is 9.78 Å². The van der Waals surface area contributed by atoms with Crippen molar-refractivity contribution in [2.24, 2.45) is 0 Å². The lowest BCUT2D eigenvalue weighted by Gasteiger charge is -2.17. The van der Waals surface area contributed by atoms with Gasteiger partial charge < -0.3 is 10.1 Å². The number of amides is 1. The first-order chi connectivity index (χ1) is 15.4. The number of pyridine rings is 1. The van der Waals surface area contributed by atoms with Crippen LogP contribution in [0, 0.1) is 0 Å². The third-order valence-corrected chi connectivity index (χ3v) is 8.36. The second-order valence-electron chi connectivity index (χ2n) is 7.64. The molecule has 0 spiro atoms. The van der Waals surface area contributed by atoms with Gasteiger partial charge in [-0.15, -0.1) is 11.3 Å². The van der Waals surface area contributed by atoms with Crippen molar-refractivity contribution in [3.63, 3.8) is 0 Å². The summed E-state index contributed by atoms with van der Waals surface area (Å²) >= 11 is 1.14. The SMILES string of the molecule is CC(NC(=O)c1sccc1S(=O)(=O)N1CCCC1)c1ccc(OCc2cccnc2)cc1. The number of ether oxygens (including phenoxy) is 1. The summed E-state index contributed by atoms with van der Waals surface area (Å²) in [7, 11) is -3.64. The third kappa shape index (κ3) is 5.01. The van der Waals surface area contributed by atoms with E-state index in [0.717, 1.165) is 35.3 Å². The fourth-order valence-corrected chi connectivity index (χ4v) is 6.40. The first-order valence-electron chi connectivity index (χ1n) is 10.5. The molecule has 1 aliphatic rings. The molecule has 4 rings (SSSR count). The third-order valence-electron chi connectivity index (χ3n) is 5.37. The average molecular weight is 472 g/mol. The zero-order valence-corrected chi connectivity index (χ0v) is 19.4. The Labute approximate surface area is 192 Å². The Morgan fingerprint density at radius 1 is 1.19 bits per heavy atom. The lowest BCUT2D eigenvalue weighted by atomic mass is 10.1. The maximum atomic E-state index is 12.9. The Morgan fingerprint density at radius 2 is 1.94 bits per heavy atom. The zero-order valence-electron chi connectivity index (χ0n) is 17.7. The molecule has 1 aromatic carbocycles. The zero-order chi connectivity index (χ0) is 22.6. The van der Waals surface area contributed by atoms with E-state index >= 15 is 0 Å². The van der Waals surface area contributed by atoms with Gasteiger partial charge >= 0.3 is 0 Å². The molecule has 3 aromatic rings. The molecular weight excluding hydrogens is 446 g/mol. The summed E-state index contributed by atoms with van der Waals surface area (Å²) in [6.07, 6.45) is 5.18. The number of thiophene rings is 1. The molecule has 1 N–H and O–H groups in total. The average Bonchev–Trinajstić information content (AvgIpc) is 3.52. The largest absolute Gasteiger partial charge is 0.489 e. The van der Waals surface area contributed by atoms with E-state index < -0.39 is 10.0 Å². The molecule has 1 amide bonds. The molecular formula is C23H25N3O4S2. The van der Waals surface area contributed by atoms with Crippen LogP contribution in [-0.2, 0) is 16.6 Å². The molecule has 9 heteroatoms. The van der Waals surface area contributed by atoms with E-state index in [9.17, 15) is 13.2 Å². The Balaban J connectivity index is 1.39. The van der Waals surface area contributed by atoms with Gasteiger partial charge in [0.15, 0.2) is 0 Å². The van der Waals surface area contributed by atoms with E-state index in [0.29, 0.717) is 25.4 Å². The molecule has 7 nitrogen and oxygen atoms in total. The molecule has 0 aliphatic carbocycles. The second-order valence-corrected chi connectivity index (χ2v) is 10.5. The van der Waals surface area contributed by atoms with Crippen LogP contribution in [0.25, 0.3) is 0 Å². The van der Waals surface area contributed by atoms with E-state index in [1.54, 1.807) is 17.8 Å². The lowest BCUT2D eigenvalue weighted by Crippen LogP contribution is -2.31. The minimum absolute atomic E-state index is 0.0910. The summed E-state index contributed by atoms with van der Waals surface area (Å²) < 4.78 is 33.1. The van der Waals surface area contributed by atoms with Gasteiger partial charge in [-0.25, -0.2) is 8.42 Å². The molecule has 1 unspecified atom stereocenters. The molecule has 1 atom stereocenters. The highest BCUT2D eigenvalue weighted by Gasteiger charge is 2.32. The van der Waals surface area contributed by atoms with Crippen LogP contribution < -0.4 is 10.1 Å². The molecule has 0 radical (unpaired) electrons. The highest BCUT2D eigenvalue weighted by molar-refractivity contribution is 7.89. The molecule has 0 bridgehead atoms. The van der Waals surface area contributed by atoms with Gasteiger partial charge in [0.2, 0.25) is 10.0 Å². The van der Waals surface area contributed by atoms with Crippen molar-refractivity contribution in [1.82, 2.24) is 14.6 Å². The van der Waals surface area contributed by atoms with Gasteiger partial charge in [-0.2, -0.15) is 4.31 Å². The number of carbonyl (C=O) groups excluding carboxylic acids is 1. The Kier molecular flexibility index (Phi) is 6.88. The maximum absolute atomic E-state index is 12.9. The number of rotatable bonds is 8. The van der Waals surface area contributed by atoms with Crippen LogP contribution in [0.3, 0.4) is 0 Å². The van der Waals surface area contributed by atoms with Crippen molar-refractivity contribution in [3.05, 3.63) is 76.2 Å². The topological polar surface area (TPSA) is 88.6 Å². The normalized spacial score (nSPS) is 15.4. The minimum atomic E-state index is -3.64. The molecule has 3 heterocycles. The van der Waals surface area contributed by atoms with Gasteiger partial charge in [0.05, 0.1) is 6.04 Å². The Morgan fingerprint density at radius 3 is 2.62 bits per heavy atom. The van der Waals surface area contributed by atoms with Crippen molar-refractivity contribution in [1.29, 1.82) is 0 Å². The van der Waals surface area contributed by atoms with Crippen LogP contribution in [0.2, 0.25) is 0 Å². The van der Waals surface area contributed by atoms with E-state index in [4.69, 9.17) is 4.74 Å². The molecule has 32 heavy (non-hydrogen) atoms. The number of sulfonamides is 1. The number of hydrogen-bond donors (Lipinski definition) is 1. The molecule has 1 saturated heterocycles. The van der Waals surface area contributed by atoms with Crippen LogP contribution in [-0.4, -0.2) is 36.7 Å². The number of nitrogens with zero attached hydrogens (tertiary/aromatic N) is 2. The number of aromatic nitrogens is 1. The van der Waals surface area contributed by atoms with Crippen molar-refractivity contribution < 1.29 is 17.9 Å². The van der Waals surface area contributed by atoms with Crippen LogP contribution in [0.15, 0.2) is 65.1 Å². The summed E-state index contributed by atoms with van der Waals surface area (Å²) in [5.74, 6) is 0.329. The predicted octanol–water partition coefficient (Wildman–Crippen LogP) is 4.00. The molecule has 0 saturated carbocycles. The van der Waals surface area contributed by atoms with Crippen molar-refractivity contribution in [3.8, 4) is 5.75 Å². The van der Waals surface area contributed by atoms with Crippen molar-refractivity contribution >= 4 is 27.3 Å². The standard InChI is InChI=1S/C23H25N3O4S2/c1-17(19-6-8-20(9-7-19)30-16-18-5-4-11-24-15-18)25-23(27)22-21(10-14-31-22)32(28,29)26-12-2-3-13-26/h4-11,14-15,17H,2-3,12-13,16H2,1H3,(H,25,27). The quantitative estimate of drug-likeness (QED) is 0.537. The first-order valence-corrected chi connectivity index (χ1v) is 12.8. The first kappa shape index (κ1) is 22.4. The summed E-state index contributed by atoms with van der Waals surface area (Å²) in [6.45, 7) is 3.30. The summed E-state index contributed by atoms with van der Waals surface area (Å²) in [4.78, 5) is 17.3. The highest BCUT2D eigenvalue weighted by atomic mass is 32.2. The number of hydrogen-bond acceptors (Lipinski definition) is 6. The molecule has 168 valence electrons. The van der Waals surface area contributed by atoms with Gasteiger partial charge in [-0.1, -0.05) is 18.2 Å². The monoisotopic (exact) mass is 471 g/mol. The van der Waals surface area contributed by atoms with E-state index in [-0.39, 0.29) is 21.7 Å². The summed E-state index contributed by atoms with van der Waals surface area (Å²) in [5.41, 5.74) is 1.88. The number of nitrogens with one attached hydrogen (secondary N) is 1.